The van der Waals surface area contributed by atoms with E-state index in [2.05, 4.69) is 61.9 Å². The Hall–Kier alpha value is 0.933. The van der Waals surface area contributed by atoms with E-state index in [9.17, 15) is 0 Å². The average Bonchev–Trinajstić information content (AvgIpc) is 2.25. The van der Waals surface area contributed by atoms with Crippen molar-refractivity contribution in [1.29, 1.82) is 0 Å². The number of hydrogen-bond donors (Lipinski definition) is 0. The van der Waals surface area contributed by atoms with Crippen molar-refractivity contribution in [3.63, 3.8) is 0 Å². The van der Waals surface area contributed by atoms with Crippen LogP contribution >= 0.6 is 27.2 Å². The van der Waals surface area contributed by atoms with E-state index in [1.165, 1.54) is 27.8 Å². The van der Waals surface area contributed by atoms with Gasteiger partial charge in [0.25, 0.3) is 0 Å². The normalized spacial score (nSPS) is 9.77. The predicted molar refractivity (Wildman–Crippen MR) is 63.6 cm³/mol. The van der Waals surface area contributed by atoms with E-state index in [0.29, 0.717) is 13.2 Å². The summed E-state index contributed by atoms with van der Waals surface area (Å²) in [7, 11) is 0. The molecule has 0 saturated carbocycles. The molecule has 0 bridgehead atoms. The Morgan fingerprint density at radius 2 is 1.15 bits per heavy atom. The van der Waals surface area contributed by atoms with Crippen LogP contribution < -0.4 is 0 Å². The molecule has 0 N–H and O–H groups in total. The molecule has 0 saturated heterocycles. The van der Waals surface area contributed by atoms with Crippen LogP contribution in [0.2, 0.25) is 0 Å². The minimum absolute atomic E-state index is 0.455. The van der Waals surface area contributed by atoms with Gasteiger partial charge in [-0.2, -0.15) is 27.8 Å². The van der Waals surface area contributed by atoms with Gasteiger partial charge >= 0.3 is 40.5 Å². The molecule has 0 amide bonds. The second kappa shape index (κ2) is 6.42. The molecule has 3 heteroatoms. The summed E-state index contributed by atoms with van der Waals surface area (Å²) in [5.74, 6) is 0. The molecule has 0 heterocycles. The minimum atomic E-state index is 0.455. The summed E-state index contributed by atoms with van der Waals surface area (Å²) in [4.78, 5) is 0. The third kappa shape index (κ3) is 3.53. The van der Waals surface area contributed by atoms with Crippen LogP contribution in [0.4, 0.5) is 0 Å². The third-order valence-electron chi connectivity index (χ3n) is 2.81. The first-order valence-corrected chi connectivity index (χ1v) is 11.5. The van der Waals surface area contributed by atoms with Gasteiger partial charge in [0.05, 0.1) is 0 Å². The zero-order valence-electron chi connectivity index (χ0n) is 8.59. The first kappa shape index (κ1) is 13.9. The van der Waals surface area contributed by atoms with Crippen molar-refractivity contribution in [3.05, 3.63) is 27.8 Å². The zero-order chi connectivity index (χ0) is 10.6. The van der Waals surface area contributed by atoms with E-state index < -0.39 is 0 Å². The van der Waals surface area contributed by atoms with Gasteiger partial charge in [0.1, 0.15) is 0 Å². The molecule has 0 aromatic heterocycles. The van der Waals surface area contributed by atoms with E-state index in [1.54, 1.807) is 0 Å². The SMILES string of the molecule is Cc1c(C)c(C)[c-](C)c1C.[Br][Rh+][Br]. The van der Waals surface area contributed by atoms with E-state index in [4.69, 9.17) is 0 Å². The van der Waals surface area contributed by atoms with Crippen molar-refractivity contribution in [2.75, 3.05) is 0 Å². The Labute approximate surface area is 102 Å². The second-order valence-electron chi connectivity index (χ2n) is 3.17. The maximum absolute atomic E-state index is 3.13. The molecule has 0 atom stereocenters. The van der Waals surface area contributed by atoms with Gasteiger partial charge in [-0.05, 0) is 0 Å². The topological polar surface area (TPSA) is 0 Å². The molecule has 0 aliphatic rings. The molecule has 0 aliphatic heterocycles. The summed E-state index contributed by atoms with van der Waals surface area (Å²) < 4.78 is 0. The number of hydrogen-bond acceptors (Lipinski definition) is 0. The quantitative estimate of drug-likeness (QED) is 0.442. The van der Waals surface area contributed by atoms with Crippen LogP contribution in [0.25, 0.3) is 0 Å². The van der Waals surface area contributed by atoms with Crippen LogP contribution in [0.1, 0.15) is 27.8 Å². The maximum atomic E-state index is 3.13. The third-order valence-corrected chi connectivity index (χ3v) is 2.81. The van der Waals surface area contributed by atoms with Crippen molar-refractivity contribution in [1.82, 2.24) is 0 Å². The number of rotatable bonds is 0. The van der Waals surface area contributed by atoms with E-state index in [1.807, 2.05) is 0 Å². The Morgan fingerprint density at radius 3 is 1.23 bits per heavy atom. The van der Waals surface area contributed by atoms with E-state index >= 15 is 0 Å². The molecule has 78 valence electrons. The molecule has 0 nitrogen and oxygen atoms in total. The van der Waals surface area contributed by atoms with Crippen LogP contribution in [0.3, 0.4) is 0 Å². The van der Waals surface area contributed by atoms with Gasteiger partial charge in [0, 0.05) is 0 Å². The monoisotopic (exact) mass is 396 g/mol. The summed E-state index contributed by atoms with van der Waals surface area (Å²) in [5.41, 5.74) is 7.34. The van der Waals surface area contributed by atoms with Crippen molar-refractivity contribution < 1.29 is 13.2 Å². The average molecular weight is 398 g/mol. The Bertz CT molecular complexity index is 197. The van der Waals surface area contributed by atoms with Crippen LogP contribution in [0, 0.1) is 34.6 Å². The molecule has 0 fully saturated rings. The fraction of sp³-hybridized carbons (Fsp3) is 0.500. The Kier molecular flexibility index (Phi) is 6.88. The first-order chi connectivity index (χ1) is 5.97. The van der Waals surface area contributed by atoms with Gasteiger partial charge in [-0.3, -0.25) is 0 Å². The van der Waals surface area contributed by atoms with Gasteiger partial charge in [-0.25, -0.2) is 0 Å². The molecule has 0 unspecified atom stereocenters. The molecule has 0 spiro atoms. The second-order valence-corrected chi connectivity index (χ2v) is 10.7. The molecule has 1 aromatic rings. The fourth-order valence-electron chi connectivity index (χ4n) is 1.41. The summed E-state index contributed by atoms with van der Waals surface area (Å²) >= 11 is 6.72. The standard InChI is InChI=1S/C10H15.2BrH.Rh/c1-6-7(2)9(4)10(5)8(6)3;;;/h1-5H3;2*1H;/q-1;;;+3/p-2. The molecule has 0 radical (unpaired) electrons. The van der Waals surface area contributed by atoms with Crippen LogP contribution in [-0.4, -0.2) is 0 Å². The first-order valence-electron chi connectivity index (χ1n) is 4.00. The van der Waals surface area contributed by atoms with Crippen LogP contribution in [-0.2, 0) is 13.2 Å². The molecule has 1 rings (SSSR count). The van der Waals surface area contributed by atoms with Crippen molar-refractivity contribution in [3.8, 4) is 0 Å². The van der Waals surface area contributed by atoms with Crippen molar-refractivity contribution in [2.24, 2.45) is 0 Å². The molecular formula is C10H15Br2Rh. The van der Waals surface area contributed by atoms with Gasteiger partial charge in [0.2, 0.25) is 0 Å². The van der Waals surface area contributed by atoms with Crippen molar-refractivity contribution >= 4 is 27.2 Å². The van der Waals surface area contributed by atoms with Gasteiger partial charge in [0.15, 0.2) is 0 Å². The summed E-state index contributed by atoms with van der Waals surface area (Å²) in [6.07, 6.45) is 0. The van der Waals surface area contributed by atoms with E-state index in [0.717, 1.165) is 0 Å². The van der Waals surface area contributed by atoms with Crippen LogP contribution in [0.5, 0.6) is 0 Å². The summed E-state index contributed by atoms with van der Waals surface area (Å²) in [6.45, 7) is 11.0. The predicted octanol–water partition coefficient (Wildman–Crippen LogP) is 4.64. The summed E-state index contributed by atoms with van der Waals surface area (Å²) in [6, 6.07) is 0. The molecule has 0 aliphatic carbocycles. The molecule has 13 heavy (non-hydrogen) atoms. The summed E-state index contributed by atoms with van der Waals surface area (Å²) in [5, 5.41) is 0. The Balaban J connectivity index is 0.000000424. The fourth-order valence-corrected chi connectivity index (χ4v) is 1.41. The number of halogens is 2. The zero-order valence-corrected chi connectivity index (χ0v) is 13.4. The molecule has 1 aromatic carbocycles. The Morgan fingerprint density at radius 1 is 0.923 bits per heavy atom. The van der Waals surface area contributed by atoms with Gasteiger partial charge in [-0.1, -0.05) is 34.6 Å². The van der Waals surface area contributed by atoms with E-state index in [-0.39, 0.29) is 0 Å². The van der Waals surface area contributed by atoms with Gasteiger partial charge in [-0.15, -0.1) is 0 Å². The molecular weight excluding hydrogens is 383 g/mol. The van der Waals surface area contributed by atoms with Crippen molar-refractivity contribution in [2.45, 2.75) is 34.6 Å². The van der Waals surface area contributed by atoms with Gasteiger partial charge < -0.3 is 0 Å². The van der Waals surface area contributed by atoms with Crippen LogP contribution in [0.15, 0.2) is 0 Å².